The second-order valence-corrected chi connectivity index (χ2v) is 4.91. The van der Waals surface area contributed by atoms with Gasteiger partial charge in [-0.3, -0.25) is 10.1 Å². The summed E-state index contributed by atoms with van der Waals surface area (Å²) in [6.07, 6.45) is 0. The molecule has 110 valence electrons. The molecule has 0 amide bonds. The van der Waals surface area contributed by atoms with E-state index >= 15 is 0 Å². The Hall–Kier alpha value is -2.56. The van der Waals surface area contributed by atoms with Gasteiger partial charge in [-0.2, -0.15) is 0 Å². The topological polar surface area (TPSA) is 67.2 Å². The van der Waals surface area contributed by atoms with Gasteiger partial charge in [0.15, 0.2) is 0 Å². The lowest BCUT2D eigenvalue weighted by molar-refractivity contribution is -0.383. The van der Waals surface area contributed by atoms with E-state index in [-0.39, 0.29) is 10.6 Å². The number of nitrogens with zero attached hydrogens (tertiary/aromatic N) is 1. The minimum absolute atomic E-state index is 0.0672. The number of aryl methyl sites for hydroxylation is 2. The molecule has 0 aliphatic heterocycles. The zero-order valence-corrected chi connectivity index (χ0v) is 12.4. The van der Waals surface area contributed by atoms with Crippen LogP contribution >= 0.6 is 0 Å². The standard InChI is InChI=1S/C16H19N3O2/c1-4-17-14-6-5-7-15(16(14)19(20)21)18-13-9-8-11(2)12(3)10-13/h5-10,17-18H,4H2,1-3H3. The minimum Gasteiger partial charge on any atom is -0.380 e. The van der Waals surface area contributed by atoms with Gasteiger partial charge < -0.3 is 10.6 Å². The van der Waals surface area contributed by atoms with E-state index in [4.69, 9.17) is 0 Å². The van der Waals surface area contributed by atoms with Crippen LogP contribution < -0.4 is 10.6 Å². The van der Waals surface area contributed by atoms with Crippen LogP contribution in [-0.4, -0.2) is 11.5 Å². The minimum atomic E-state index is -0.360. The third kappa shape index (κ3) is 3.31. The molecule has 0 bridgehead atoms. The number of nitrogens with one attached hydrogen (secondary N) is 2. The van der Waals surface area contributed by atoms with Crippen LogP contribution in [0, 0.1) is 24.0 Å². The highest BCUT2D eigenvalue weighted by atomic mass is 16.6. The van der Waals surface area contributed by atoms with Gasteiger partial charge in [0.2, 0.25) is 0 Å². The molecule has 0 heterocycles. The number of rotatable bonds is 5. The van der Waals surface area contributed by atoms with Crippen LogP contribution in [-0.2, 0) is 0 Å². The zero-order valence-electron chi connectivity index (χ0n) is 12.4. The Morgan fingerprint density at radius 3 is 2.43 bits per heavy atom. The molecule has 2 aromatic rings. The van der Waals surface area contributed by atoms with E-state index in [0.717, 1.165) is 11.3 Å². The highest BCUT2D eigenvalue weighted by Crippen LogP contribution is 2.34. The summed E-state index contributed by atoms with van der Waals surface area (Å²) in [7, 11) is 0. The molecule has 0 fully saturated rings. The van der Waals surface area contributed by atoms with Crippen LogP contribution in [0.5, 0.6) is 0 Å². The summed E-state index contributed by atoms with van der Waals surface area (Å²) >= 11 is 0. The van der Waals surface area contributed by atoms with Crippen LogP contribution in [0.3, 0.4) is 0 Å². The van der Waals surface area contributed by atoms with Crippen molar-refractivity contribution in [1.29, 1.82) is 0 Å². The van der Waals surface area contributed by atoms with Crippen molar-refractivity contribution in [3.8, 4) is 0 Å². The van der Waals surface area contributed by atoms with Gasteiger partial charge in [-0.25, -0.2) is 0 Å². The molecular formula is C16H19N3O2. The third-order valence-corrected chi connectivity index (χ3v) is 3.37. The summed E-state index contributed by atoms with van der Waals surface area (Å²) in [5.74, 6) is 0. The van der Waals surface area contributed by atoms with Gasteiger partial charge in [0.05, 0.1) is 4.92 Å². The van der Waals surface area contributed by atoms with Gasteiger partial charge in [0.1, 0.15) is 11.4 Å². The third-order valence-electron chi connectivity index (χ3n) is 3.37. The molecule has 0 saturated heterocycles. The van der Waals surface area contributed by atoms with Crippen LogP contribution in [0.15, 0.2) is 36.4 Å². The van der Waals surface area contributed by atoms with Crippen molar-refractivity contribution in [2.45, 2.75) is 20.8 Å². The van der Waals surface area contributed by atoms with Gasteiger partial charge in [0, 0.05) is 12.2 Å². The van der Waals surface area contributed by atoms with Gasteiger partial charge in [-0.15, -0.1) is 0 Å². The first-order valence-electron chi connectivity index (χ1n) is 6.88. The van der Waals surface area contributed by atoms with Crippen molar-refractivity contribution < 1.29 is 4.92 Å². The number of hydrogen-bond donors (Lipinski definition) is 2. The number of anilines is 3. The van der Waals surface area contributed by atoms with Crippen molar-refractivity contribution in [3.05, 3.63) is 57.6 Å². The summed E-state index contributed by atoms with van der Waals surface area (Å²) in [6, 6.07) is 11.1. The first kappa shape index (κ1) is 14.8. The van der Waals surface area contributed by atoms with Gasteiger partial charge >= 0.3 is 5.69 Å². The molecule has 5 nitrogen and oxygen atoms in total. The Balaban J connectivity index is 2.41. The molecule has 0 aliphatic rings. The summed E-state index contributed by atoms with van der Waals surface area (Å²) in [4.78, 5) is 11.0. The fourth-order valence-electron chi connectivity index (χ4n) is 2.15. The first-order valence-corrected chi connectivity index (χ1v) is 6.88. The number of benzene rings is 2. The second-order valence-electron chi connectivity index (χ2n) is 4.91. The molecule has 0 spiro atoms. The molecule has 0 unspecified atom stereocenters. The predicted octanol–water partition coefficient (Wildman–Crippen LogP) is 4.39. The second kappa shape index (κ2) is 6.26. The van der Waals surface area contributed by atoms with E-state index < -0.39 is 0 Å². The number of hydrogen-bond acceptors (Lipinski definition) is 4. The molecule has 0 atom stereocenters. The maximum absolute atomic E-state index is 11.4. The van der Waals surface area contributed by atoms with Crippen LogP contribution in [0.25, 0.3) is 0 Å². The Labute approximate surface area is 124 Å². The Morgan fingerprint density at radius 2 is 1.81 bits per heavy atom. The fraction of sp³-hybridized carbons (Fsp3) is 0.250. The quantitative estimate of drug-likeness (QED) is 0.631. The maximum Gasteiger partial charge on any atom is 0.315 e. The van der Waals surface area contributed by atoms with E-state index in [1.807, 2.05) is 39.0 Å². The van der Waals surface area contributed by atoms with Gasteiger partial charge in [-0.05, 0) is 56.2 Å². The average Bonchev–Trinajstić information content (AvgIpc) is 2.43. The molecule has 0 saturated carbocycles. The Morgan fingerprint density at radius 1 is 1.10 bits per heavy atom. The zero-order chi connectivity index (χ0) is 15.4. The van der Waals surface area contributed by atoms with E-state index in [0.29, 0.717) is 17.9 Å². The summed E-state index contributed by atoms with van der Waals surface area (Å²) in [5.41, 5.74) is 4.26. The Kier molecular flexibility index (Phi) is 4.42. The molecule has 0 aromatic heterocycles. The highest BCUT2D eigenvalue weighted by Gasteiger charge is 2.19. The number of nitro benzene ring substituents is 1. The van der Waals surface area contributed by atoms with Crippen molar-refractivity contribution in [2.24, 2.45) is 0 Å². The lowest BCUT2D eigenvalue weighted by Crippen LogP contribution is -2.04. The van der Waals surface area contributed by atoms with E-state index in [9.17, 15) is 10.1 Å². The van der Waals surface area contributed by atoms with E-state index in [2.05, 4.69) is 10.6 Å². The lowest BCUT2D eigenvalue weighted by Gasteiger charge is -2.12. The van der Waals surface area contributed by atoms with Crippen LogP contribution in [0.2, 0.25) is 0 Å². The van der Waals surface area contributed by atoms with E-state index in [1.54, 1.807) is 18.2 Å². The Bertz CT molecular complexity index is 669. The van der Waals surface area contributed by atoms with Crippen LogP contribution in [0.1, 0.15) is 18.1 Å². The molecular weight excluding hydrogens is 266 g/mol. The van der Waals surface area contributed by atoms with E-state index in [1.165, 1.54) is 5.56 Å². The number of para-hydroxylation sites is 1. The molecule has 0 aliphatic carbocycles. The normalized spacial score (nSPS) is 10.2. The fourth-order valence-corrected chi connectivity index (χ4v) is 2.15. The monoisotopic (exact) mass is 285 g/mol. The average molecular weight is 285 g/mol. The first-order chi connectivity index (χ1) is 10.0. The molecule has 21 heavy (non-hydrogen) atoms. The molecule has 2 rings (SSSR count). The van der Waals surface area contributed by atoms with Crippen molar-refractivity contribution in [2.75, 3.05) is 17.2 Å². The summed E-state index contributed by atoms with van der Waals surface area (Å²) in [5, 5.41) is 17.5. The molecule has 0 radical (unpaired) electrons. The largest absolute Gasteiger partial charge is 0.380 e. The maximum atomic E-state index is 11.4. The van der Waals surface area contributed by atoms with Crippen molar-refractivity contribution in [1.82, 2.24) is 0 Å². The molecule has 2 N–H and O–H groups in total. The number of nitro groups is 1. The smallest absolute Gasteiger partial charge is 0.315 e. The highest BCUT2D eigenvalue weighted by molar-refractivity contribution is 5.79. The van der Waals surface area contributed by atoms with Crippen molar-refractivity contribution in [3.63, 3.8) is 0 Å². The predicted molar refractivity (Wildman–Crippen MR) is 86.5 cm³/mol. The SMILES string of the molecule is CCNc1cccc(Nc2ccc(C)c(C)c2)c1[N+](=O)[O-]. The van der Waals surface area contributed by atoms with Gasteiger partial charge in [-0.1, -0.05) is 12.1 Å². The molecule has 5 heteroatoms. The van der Waals surface area contributed by atoms with Crippen molar-refractivity contribution >= 4 is 22.7 Å². The molecule has 2 aromatic carbocycles. The van der Waals surface area contributed by atoms with Crippen LogP contribution in [0.4, 0.5) is 22.7 Å². The summed E-state index contributed by atoms with van der Waals surface area (Å²) in [6.45, 7) is 6.60. The van der Waals surface area contributed by atoms with Gasteiger partial charge in [0.25, 0.3) is 0 Å². The lowest BCUT2D eigenvalue weighted by atomic mass is 10.1. The summed E-state index contributed by atoms with van der Waals surface area (Å²) < 4.78 is 0.